The average Bonchev–Trinajstić information content (AvgIpc) is 2.05. The van der Waals surface area contributed by atoms with Gasteiger partial charge in [-0.15, -0.1) is 0 Å². The van der Waals surface area contributed by atoms with Gasteiger partial charge in [0.25, 0.3) is 0 Å². The predicted molar refractivity (Wildman–Crippen MR) is 64.6 cm³/mol. The summed E-state index contributed by atoms with van der Waals surface area (Å²) in [4.78, 5) is 2.20. The van der Waals surface area contributed by atoms with Gasteiger partial charge in [-0.25, -0.2) is 0 Å². The van der Waals surface area contributed by atoms with Crippen LogP contribution in [0, 0.1) is 5.92 Å². The highest BCUT2D eigenvalue weighted by molar-refractivity contribution is 4.70. The third kappa shape index (κ3) is 10.0. The van der Waals surface area contributed by atoms with Crippen molar-refractivity contribution < 1.29 is 5.11 Å². The second-order valence-corrected chi connectivity index (χ2v) is 4.33. The zero-order valence-electron chi connectivity index (χ0n) is 11.0. The summed E-state index contributed by atoms with van der Waals surface area (Å²) >= 11 is 0. The second-order valence-electron chi connectivity index (χ2n) is 4.33. The van der Waals surface area contributed by atoms with Gasteiger partial charge in [-0.1, -0.05) is 27.7 Å². The number of rotatable bonds is 5. The highest BCUT2D eigenvalue weighted by Gasteiger charge is 2.14. The minimum Gasteiger partial charge on any atom is -0.393 e. The lowest BCUT2D eigenvalue weighted by Crippen LogP contribution is -2.32. The fourth-order valence-electron chi connectivity index (χ4n) is 1.46. The standard InChI is InChI=1S/C10H23NO.C2H6/c1-8(2)6-10(11(4)5)7-9(3)12;1-2/h8-10,12H,6-7H2,1-5H3;1-2H3/t9?,10-;/m0./s1. The maximum absolute atomic E-state index is 9.26. The van der Waals surface area contributed by atoms with Gasteiger partial charge in [0.2, 0.25) is 0 Å². The molecular weight excluding hydrogens is 174 g/mol. The van der Waals surface area contributed by atoms with E-state index in [0.29, 0.717) is 12.0 Å². The molecular formula is C12H29NO. The van der Waals surface area contributed by atoms with Crippen molar-refractivity contribution in [1.29, 1.82) is 0 Å². The quantitative estimate of drug-likeness (QED) is 0.742. The Balaban J connectivity index is 0. The van der Waals surface area contributed by atoms with Gasteiger partial charge in [0.15, 0.2) is 0 Å². The van der Waals surface area contributed by atoms with Gasteiger partial charge in [-0.3, -0.25) is 0 Å². The van der Waals surface area contributed by atoms with Crippen LogP contribution in [0.1, 0.15) is 47.5 Å². The van der Waals surface area contributed by atoms with Gasteiger partial charge in [0.1, 0.15) is 0 Å². The molecule has 2 atom stereocenters. The molecule has 0 aromatic rings. The van der Waals surface area contributed by atoms with E-state index in [1.54, 1.807) is 0 Å². The van der Waals surface area contributed by atoms with Crippen LogP contribution in [-0.4, -0.2) is 36.2 Å². The summed E-state index contributed by atoms with van der Waals surface area (Å²) in [6, 6.07) is 0.519. The van der Waals surface area contributed by atoms with E-state index < -0.39 is 0 Å². The van der Waals surface area contributed by atoms with Crippen molar-refractivity contribution in [3.63, 3.8) is 0 Å². The fourth-order valence-corrected chi connectivity index (χ4v) is 1.46. The highest BCUT2D eigenvalue weighted by atomic mass is 16.3. The van der Waals surface area contributed by atoms with Crippen LogP contribution in [0.5, 0.6) is 0 Å². The van der Waals surface area contributed by atoms with E-state index in [-0.39, 0.29) is 6.10 Å². The Morgan fingerprint density at radius 2 is 1.43 bits per heavy atom. The monoisotopic (exact) mass is 203 g/mol. The van der Waals surface area contributed by atoms with Gasteiger partial charge >= 0.3 is 0 Å². The third-order valence-corrected chi connectivity index (χ3v) is 2.09. The van der Waals surface area contributed by atoms with Gasteiger partial charge in [0, 0.05) is 6.04 Å². The Kier molecular flexibility index (Phi) is 11.1. The summed E-state index contributed by atoms with van der Waals surface area (Å²) in [5.41, 5.74) is 0. The number of aliphatic hydroxyl groups excluding tert-OH is 1. The molecule has 0 saturated heterocycles. The Hall–Kier alpha value is -0.0800. The van der Waals surface area contributed by atoms with Crippen molar-refractivity contribution in [3.8, 4) is 0 Å². The molecule has 2 nitrogen and oxygen atoms in total. The number of hydrogen-bond donors (Lipinski definition) is 1. The smallest absolute Gasteiger partial charge is 0.0527 e. The topological polar surface area (TPSA) is 23.5 Å². The van der Waals surface area contributed by atoms with E-state index >= 15 is 0 Å². The average molecular weight is 203 g/mol. The first kappa shape index (κ1) is 16.4. The molecule has 14 heavy (non-hydrogen) atoms. The van der Waals surface area contributed by atoms with E-state index in [9.17, 15) is 5.11 Å². The summed E-state index contributed by atoms with van der Waals surface area (Å²) in [5, 5.41) is 9.26. The van der Waals surface area contributed by atoms with Crippen molar-refractivity contribution in [2.75, 3.05) is 14.1 Å². The SMILES string of the molecule is CC.CC(C)C[C@@H](CC(C)O)N(C)C. The Morgan fingerprint density at radius 1 is 1.00 bits per heavy atom. The molecule has 2 heteroatoms. The Labute approximate surface area is 90.3 Å². The van der Waals surface area contributed by atoms with E-state index in [0.717, 1.165) is 12.8 Å². The van der Waals surface area contributed by atoms with Crippen molar-refractivity contribution >= 4 is 0 Å². The van der Waals surface area contributed by atoms with Crippen LogP contribution in [0.3, 0.4) is 0 Å². The molecule has 0 heterocycles. The molecule has 0 aliphatic heterocycles. The molecule has 0 spiro atoms. The summed E-state index contributed by atoms with van der Waals surface area (Å²) in [7, 11) is 4.16. The molecule has 0 aromatic heterocycles. The molecule has 1 N–H and O–H groups in total. The zero-order valence-corrected chi connectivity index (χ0v) is 11.0. The normalized spacial score (nSPS) is 15.0. The molecule has 0 saturated carbocycles. The van der Waals surface area contributed by atoms with Crippen LogP contribution in [0.2, 0.25) is 0 Å². The summed E-state index contributed by atoms with van der Waals surface area (Å²) in [5.74, 6) is 0.705. The summed E-state index contributed by atoms with van der Waals surface area (Å²) < 4.78 is 0. The molecule has 88 valence electrons. The fraction of sp³-hybridized carbons (Fsp3) is 1.00. The number of nitrogens with zero attached hydrogens (tertiary/aromatic N) is 1. The van der Waals surface area contributed by atoms with Crippen molar-refractivity contribution in [2.45, 2.75) is 59.6 Å². The van der Waals surface area contributed by atoms with Gasteiger partial charge < -0.3 is 10.0 Å². The first-order chi connectivity index (χ1) is 6.43. The van der Waals surface area contributed by atoms with E-state index in [2.05, 4.69) is 32.8 Å². The first-order valence-electron chi connectivity index (χ1n) is 5.78. The predicted octanol–water partition coefficient (Wildman–Crippen LogP) is 2.76. The maximum atomic E-state index is 9.26. The summed E-state index contributed by atoms with van der Waals surface area (Å²) in [6.07, 6.45) is 1.86. The first-order valence-corrected chi connectivity index (χ1v) is 5.78. The highest BCUT2D eigenvalue weighted by Crippen LogP contribution is 2.13. The molecule has 0 rings (SSSR count). The van der Waals surface area contributed by atoms with Crippen LogP contribution >= 0.6 is 0 Å². The van der Waals surface area contributed by atoms with Gasteiger partial charge in [-0.05, 0) is 39.8 Å². The molecule has 0 amide bonds. The Morgan fingerprint density at radius 3 is 1.64 bits per heavy atom. The minimum absolute atomic E-state index is 0.184. The van der Waals surface area contributed by atoms with E-state index in [1.165, 1.54) is 0 Å². The van der Waals surface area contributed by atoms with Crippen LogP contribution < -0.4 is 0 Å². The zero-order chi connectivity index (χ0) is 11.7. The van der Waals surface area contributed by atoms with E-state index in [4.69, 9.17) is 0 Å². The van der Waals surface area contributed by atoms with Crippen LogP contribution in [-0.2, 0) is 0 Å². The van der Waals surface area contributed by atoms with Gasteiger partial charge in [-0.2, -0.15) is 0 Å². The molecule has 1 unspecified atom stereocenters. The molecule has 0 bridgehead atoms. The lowest BCUT2D eigenvalue weighted by Gasteiger charge is -2.26. The number of aliphatic hydroxyl groups is 1. The maximum Gasteiger partial charge on any atom is 0.0527 e. The molecule has 0 aliphatic rings. The van der Waals surface area contributed by atoms with Crippen molar-refractivity contribution in [3.05, 3.63) is 0 Å². The van der Waals surface area contributed by atoms with Crippen molar-refractivity contribution in [2.24, 2.45) is 5.92 Å². The lowest BCUT2D eigenvalue weighted by molar-refractivity contribution is 0.128. The molecule has 0 aliphatic carbocycles. The number of hydrogen-bond acceptors (Lipinski definition) is 2. The van der Waals surface area contributed by atoms with Crippen LogP contribution in [0.15, 0.2) is 0 Å². The van der Waals surface area contributed by atoms with Crippen LogP contribution in [0.4, 0.5) is 0 Å². The second kappa shape index (κ2) is 9.47. The van der Waals surface area contributed by atoms with Crippen LogP contribution in [0.25, 0.3) is 0 Å². The molecule has 0 radical (unpaired) electrons. The van der Waals surface area contributed by atoms with Crippen molar-refractivity contribution in [1.82, 2.24) is 4.90 Å². The Bertz CT molecular complexity index is 101. The molecule has 0 fully saturated rings. The molecule has 0 aromatic carbocycles. The minimum atomic E-state index is -0.184. The third-order valence-electron chi connectivity index (χ3n) is 2.09. The lowest BCUT2D eigenvalue weighted by atomic mass is 9.98. The van der Waals surface area contributed by atoms with Gasteiger partial charge in [0.05, 0.1) is 6.10 Å². The summed E-state index contributed by atoms with van der Waals surface area (Å²) in [6.45, 7) is 10.3. The largest absolute Gasteiger partial charge is 0.393 e. The van der Waals surface area contributed by atoms with E-state index in [1.807, 2.05) is 20.8 Å².